The molecule has 0 saturated heterocycles. The Bertz CT molecular complexity index is 67.0. The van der Waals surface area contributed by atoms with Crippen LogP contribution in [0, 0.1) is 5.92 Å². The van der Waals surface area contributed by atoms with Crippen molar-refractivity contribution in [2.24, 2.45) is 0 Å². The Morgan fingerprint density at radius 3 is 1.15 bits per heavy atom. The Labute approximate surface area is 85.1 Å². The van der Waals surface area contributed by atoms with E-state index in [1.807, 2.05) is 5.92 Å². The molecule has 0 rings (SSSR count). The molecule has 0 amide bonds. The molecule has 0 aromatic rings. The summed E-state index contributed by atoms with van der Waals surface area (Å²) in [4.78, 5) is 0. The smallest absolute Gasteiger partial charge is 0.0241 e. The summed E-state index contributed by atoms with van der Waals surface area (Å²) in [5.41, 5.74) is 0. The summed E-state index contributed by atoms with van der Waals surface area (Å²) < 4.78 is 0. The normalized spacial score (nSPS) is 11.1. The quantitative estimate of drug-likeness (QED) is 0.465. The second kappa shape index (κ2) is 10.1. The zero-order valence-corrected chi connectivity index (χ0v) is 9.86. The third-order valence-electron chi connectivity index (χ3n) is 2.65. The summed E-state index contributed by atoms with van der Waals surface area (Å²) in [5.74, 6) is 1.84. The Kier molecular flexibility index (Phi) is 10.1. The standard InChI is InChI=1S/C13H27/c1-4-7-10-13(11-8-5-2)12-9-6-3/h4-12H2,1-3H3. The molecule has 0 aromatic heterocycles. The number of unbranched alkanes of at least 4 members (excludes halogenated alkanes) is 3. The topological polar surface area (TPSA) is 0 Å². The van der Waals surface area contributed by atoms with Crippen LogP contribution in [0.15, 0.2) is 0 Å². The summed E-state index contributed by atoms with van der Waals surface area (Å²) >= 11 is 0. The van der Waals surface area contributed by atoms with Crippen LogP contribution >= 0.6 is 0 Å². The summed E-state index contributed by atoms with van der Waals surface area (Å²) in [6.07, 6.45) is 12.5. The van der Waals surface area contributed by atoms with Gasteiger partial charge in [-0.3, -0.25) is 0 Å². The highest BCUT2D eigenvalue weighted by atomic mass is 14.1. The molecule has 0 spiro atoms. The van der Waals surface area contributed by atoms with Gasteiger partial charge in [0.2, 0.25) is 0 Å². The molecule has 0 atom stereocenters. The first-order chi connectivity index (χ1) is 6.35. The van der Waals surface area contributed by atoms with Gasteiger partial charge in [-0.15, -0.1) is 0 Å². The van der Waals surface area contributed by atoms with Crippen LogP contribution in [0.25, 0.3) is 0 Å². The highest BCUT2D eigenvalue weighted by Gasteiger charge is 2.07. The zero-order valence-electron chi connectivity index (χ0n) is 9.86. The third kappa shape index (κ3) is 8.33. The maximum Gasteiger partial charge on any atom is -0.0241 e. The second-order valence-corrected chi connectivity index (χ2v) is 4.06. The highest BCUT2D eigenvalue weighted by Crippen LogP contribution is 2.23. The van der Waals surface area contributed by atoms with E-state index in [1.165, 1.54) is 57.8 Å². The van der Waals surface area contributed by atoms with E-state index in [0.29, 0.717) is 0 Å². The van der Waals surface area contributed by atoms with Crippen LogP contribution in [-0.2, 0) is 0 Å². The highest BCUT2D eigenvalue weighted by molar-refractivity contribution is 4.88. The van der Waals surface area contributed by atoms with E-state index < -0.39 is 0 Å². The predicted octanol–water partition coefficient (Wildman–Crippen LogP) is 5.13. The van der Waals surface area contributed by atoms with E-state index in [-0.39, 0.29) is 0 Å². The van der Waals surface area contributed by atoms with Gasteiger partial charge in [0.15, 0.2) is 0 Å². The fourth-order valence-electron chi connectivity index (χ4n) is 1.66. The minimum atomic E-state index is 1.35. The van der Waals surface area contributed by atoms with Crippen molar-refractivity contribution in [1.82, 2.24) is 0 Å². The SMILES string of the molecule is CCCC[C](CCCC)CCCC. The third-order valence-corrected chi connectivity index (χ3v) is 2.65. The molecular formula is C13H27. The lowest BCUT2D eigenvalue weighted by Crippen LogP contribution is -1.97. The molecular weight excluding hydrogens is 156 g/mol. The van der Waals surface area contributed by atoms with Crippen molar-refractivity contribution in [3.05, 3.63) is 5.92 Å². The van der Waals surface area contributed by atoms with Crippen molar-refractivity contribution in [2.45, 2.75) is 78.6 Å². The molecule has 0 aliphatic rings. The zero-order chi connectivity index (χ0) is 9.94. The number of hydrogen-bond acceptors (Lipinski definition) is 0. The molecule has 13 heavy (non-hydrogen) atoms. The molecule has 0 heteroatoms. The van der Waals surface area contributed by atoms with Crippen molar-refractivity contribution in [3.8, 4) is 0 Å². The van der Waals surface area contributed by atoms with Gasteiger partial charge in [0.25, 0.3) is 0 Å². The van der Waals surface area contributed by atoms with Gasteiger partial charge in [-0.25, -0.2) is 0 Å². The summed E-state index contributed by atoms with van der Waals surface area (Å²) in [5, 5.41) is 0. The minimum Gasteiger partial charge on any atom is -0.0654 e. The van der Waals surface area contributed by atoms with Crippen LogP contribution in [0.1, 0.15) is 78.6 Å². The summed E-state index contributed by atoms with van der Waals surface area (Å²) in [6.45, 7) is 6.87. The van der Waals surface area contributed by atoms with E-state index in [0.717, 1.165) is 0 Å². The Morgan fingerprint density at radius 2 is 0.923 bits per heavy atom. The van der Waals surface area contributed by atoms with Gasteiger partial charge in [0.05, 0.1) is 0 Å². The first kappa shape index (κ1) is 13.0. The van der Waals surface area contributed by atoms with E-state index in [1.54, 1.807) is 0 Å². The van der Waals surface area contributed by atoms with Crippen LogP contribution in [-0.4, -0.2) is 0 Å². The molecule has 1 radical (unpaired) electrons. The molecule has 0 saturated carbocycles. The summed E-state index contributed by atoms with van der Waals surface area (Å²) in [6, 6.07) is 0. The Hall–Kier alpha value is 0. The first-order valence-corrected chi connectivity index (χ1v) is 6.18. The fourth-order valence-corrected chi connectivity index (χ4v) is 1.66. The molecule has 0 fully saturated rings. The summed E-state index contributed by atoms with van der Waals surface area (Å²) in [7, 11) is 0. The molecule has 0 aliphatic carbocycles. The number of rotatable bonds is 9. The van der Waals surface area contributed by atoms with Gasteiger partial charge < -0.3 is 0 Å². The van der Waals surface area contributed by atoms with Gasteiger partial charge in [-0.05, 0) is 25.2 Å². The van der Waals surface area contributed by atoms with Crippen LogP contribution in [0.2, 0.25) is 0 Å². The monoisotopic (exact) mass is 183 g/mol. The van der Waals surface area contributed by atoms with Crippen molar-refractivity contribution in [3.63, 3.8) is 0 Å². The van der Waals surface area contributed by atoms with Crippen LogP contribution < -0.4 is 0 Å². The van der Waals surface area contributed by atoms with E-state index in [4.69, 9.17) is 0 Å². The van der Waals surface area contributed by atoms with Crippen molar-refractivity contribution in [1.29, 1.82) is 0 Å². The minimum absolute atomic E-state index is 1.35. The predicted molar refractivity (Wildman–Crippen MR) is 61.8 cm³/mol. The van der Waals surface area contributed by atoms with Crippen LogP contribution in [0.4, 0.5) is 0 Å². The molecule has 0 aromatic carbocycles. The lowest BCUT2D eigenvalue weighted by Gasteiger charge is -2.14. The maximum atomic E-state index is 2.29. The molecule has 0 N–H and O–H groups in total. The van der Waals surface area contributed by atoms with Gasteiger partial charge in [-0.1, -0.05) is 59.3 Å². The van der Waals surface area contributed by atoms with Crippen LogP contribution in [0.5, 0.6) is 0 Å². The van der Waals surface area contributed by atoms with E-state index in [2.05, 4.69) is 20.8 Å². The van der Waals surface area contributed by atoms with Crippen molar-refractivity contribution < 1.29 is 0 Å². The van der Waals surface area contributed by atoms with E-state index >= 15 is 0 Å². The second-order valence-electron chi connectivity index (χ2n) is 4.06. The molecule has 0 nitrogen and oxygen atoms in total. The van der Waals surface area contributed by atoms with Crippen LogP contribution in [0.3, 0.4) is 0 Å². The van der Waals surface area contributed by atoms with Gasteiger partial charge in [0, 0.05) is 0 Å². The largest absolute Gasteiger partial charge is 0.0654 e. The average Bonchev–Trinajstić information content (AvgIpc) is 2.17. The molecule has 0 unspecified atom stereocenters. The number of hydrogen-bond donors (Lipinski definition) is 0. The fraction of sp³-hybridized carbons (Fsp3) is 0.923. The maximum absolute atomic E-state index is 2.29. The van der Waals surface area contributed by atoms with Crippen molar-refractivity contribution >= 4 is 0 Å². The Morgan fingerprint density at radius 1 is 0.615 bits per heavy atom. The lowest BCUT2D eigenvalue weighted by atomic mass is 9.91. The van der Waals surface area contributed by atoms with Crippen molar-refractivity contribution in [2.75, 3.05) is 0 Å². The average molecular weight is 183 g/mol. The van der Waals surface area contributed by atoms with E-state index in [9.17, 15) is 0 Å². The first-order valence-electron chi connectivity index (χ1n) is 6.18. The van der Waals surface area contributed by atoms with Gasteiger partial charge in [0.1, 0.15) is 0 Å². The van der Waals surface area contributed by atoms with Gasteiger partial charge >= 0.3 is 0 Å². The Balaban J connectivity index is 3.47. The molecule has 0 bridgehead atoms. The lowest BCUT2D eigenvalue weighted by molar-refractivity contribution is 0.569. The molecule has 0 heterocycles. The molecule has 79 valence electrons. The molecule has 0 aliphatic heterocycles. The van der Waals surface area contributed by atoms with Gasteiger partial charge in [-0.2, -0.15) is 0 Å².